The zero-order chi connectivity index (χ0) is 16.3. The van der Waals surface area contributed by atoms with Crippen molar-refractivity contribution in [2.75, 3.05) is 5.32 Å². The second-order valence-corrected chi connectivity index (χ2v) is 4.19. The Bertz CT molecular complexity index is 774. The molecule has 2 aromatic carbocycles. The summed E-state index contributed by atoms with van der Waals surface area (Å²) < 4.78 is 0. The van der Waals surface area contributed by atoms with Gasteiger partial charge in [-0.2, -0.15) is 0 Å². The number of nitrogens with one attached hydrogen (secondary N) is 1. The van der Waals surface area contributed by atoms with Crippen LogP contribution in [0.2, 0.25) is 0 Å². The molecule has 0 saturated heterocycles. The lowest BCUT2D eigenvalue weighted by molar-refractivity contribution is -0.393. The molecule has 0 spiro atoms. The number of rotatable bonds is 4. The number of benzene rings is 2. The summed E-state index contributed by atoms with van der Waals surface area (Å²) in [5.74, 6) is -1.06. The van der Waals surface area contributed by atoms with Gasteiger partial charge in [0, 0.05) is 6.07 Å². The Hall–Kier alpha value is -3.49. The number of carbonyl (C=O) groups excluding carboxylic acids is 1. The van der Waals surface area contributed by atoms with E-state index in [2.05, 4.69) is 5.32 Å². The molecule has 2 rings (SSSR count). The summed E-state index contributed by atoms with van der Waals surface area (Å²) >= 11 is 0. The molecule has 0 aliphatic heterocycles. The second-order valence-electron chi connectivity index (χ2n) is 4.19. The van der Waals surface area contributed by atoms with Gasteiger partial charge >= 0.3 is 0 Å². The van der Waals surface area contributed by atoms with Crippen molar-refractivity contribution in [3.8, 4) is 5.75 Å². The third kappa shape index (κ3) is 2.98. The topological polar surface area (TPSA) is 136 Å². The van der Waals surface area contributed by atoms with E-state index in [1.54, 1.807) is 0 Å². The molecule has 0 heterocycles. The first kappa shape index (κ1) is 14.9. The summed E-state index contributed by atoms with van der Waals surface area (Å²) in [6, 6.07) is 8.50. The number of non-ortho nitro benzene ring substituents is 1. The van der Waals surface area contributed by atoms with Gasteiger partial charge in [0.15, 0.2) is 0 Å². The molecular weight excluding hydrogens is 294 g/mol. The van der Waals surface area contributed by atoms with Gasteiger partial charge < -0.3 is 10.4 Å². The number of amides is 1. The van der Waals surface area contributed by atoms with Gasteiger partial charge in [0.05, 0.1) is 21.5 Å². The maximum atomic E-state index is 12.0. The quantitative estimate of drug-likeness (QED) is 0.657. The lowest BCUT2D eigenvalue weighted by Crippen LogP contribution is -2.13. The van der Waals surface area contributed by atoms with E-state index in [0.717, 1.165) is 18.2 Å². The Morgan fingerprint density at radius 1 is 1.05 bits per heavy atom. The first-order chi connectivity index (χ1) is 10.4. The maximum Gasteiger partial charge on any atom is 0.299 e. The zero-order valence-corrected chi connectivity index (χ0v) is 10.9. The van der Waals surface area contributed by atoms with E-state index >= 15 is 0 Å². The second kappa shape index (κ2) is 5.87. The maximum absolute atomic E-state index is 12.0. The number of hydrogen-bond donors (Lipinski definition) is 2. The van der Waals surface area contributed by atoms with Crippen molar-refractivity contribution in [1.82, 2.24) is 0 Å². The lowest BCUT2D eigenvalue weighted by Gasteiger charge is -2.07. The van der Waals surface area contributed by atoms with Gasteiger partial charge in [-0.1, -0.05) is 12.1 Å². The predicted molar refractivity (Wildman–Crippen MR) is 75.8 cm³/mol. The van der Waals surface area contributed by atoms with Gasteiger partial charge in [0.25, 0.3) is 17.3 Å². The Kier molecular flexibility index (Phi) is 3.98. The number of carbonyl (C=O) groups is 1. The fourth-order valence-corrected chi connectivity index (χ4v) is 1.75. The highest BCUT2D eigenvalue weighted by molar-refractivity contribution is 6.07. The molecule has 1 amide bonds. The third-order valence-corrected chi connectivity index (χ3v) is 2.79. The van der Waals surface area contributed by atoms with E-state index in [4.69, 9.17) is 0 Å². The van der Waals surface area contributed by atoms with Gasteiger partial charge in [0.2, 0.25) is 0 Å². The van der Waals surface area contributed by atoms with Crippen LogP contribution in [0, 0.1) is 20.2 Å². The van der Waals surface area contributed by atoms with E-state index in [1.807, 2.05) is 0 Å². The number of nitrogens with zero attached hydrogens (tertiary/aromatic N) is 2. The van der Waals surface area contributed by atoms with Crippen LogP contribution in [0.5, 0.6) is 5.75 Å². The van der Waals surface area contributed by atoms with Crippen LogP contribution < -0.4 is 5.32 Å². The minimum absolute atomic E-state index is 0.0739. The monoisotopic (exact) mass is 303 g/mol. The summed E-state index contributed by atoms with van der Waals surface area (Å²) in [6.45, 7) is 0. The van der Waals surface area contributed by atoms with E-state index < -0.39 is 27.1 Å². The molecule has 0 bridgehead atoms. The van der Waals surface area contributed by atoms with Gasteiger partial charge in [-0.05, 0) is 18.2 Å². The van der Waals surface area contributed by atoms with Crippen LogP contribution in [0.25, 0.3) is 0 Å². The number of phenolic OH excluding ortho intramolecular Hbond substituents is 1. The molecule has 112 valence electrons. The molecule has 0 aromatic heterocycles. The smallest absolute Gasteiger partial charge is 0.299 e. The molecule has 0 aliphatic carbocycles. The molecule has 0 unspecified atom stereocenters. The number of anilines is 1. The molecule has 9 heteroatoms. The van der Waals surface area contributed by atoms with Crippen molar-refractivity contribution in [2.45, 2.75) is 0 Å². The van der Waals surface area contributed by atoms with Gasteiger partial charge in [-0.3, -0.25) is 25.0 Å². The average Bonchev–Trinajstić information content (AvgIpc) is 2.47. The van der Waals surface area contributed by atoms with Crippen molar-refractivity contribution in [2.24, 2.45) is 0 Å². The zero-order valence-electron chi connectivity index (χ0n) is 10.9. The van der Waals surface area contributed by atoms with Crippen LogP contribution in [0.3, 0.4) is 0 Å². The molecule has 0 saturated carbocycles. The van der Waals surface area contributed by atoms with Gasteiger partial charge in [0.1, 0.15) is 11.4 Å². The van der Waals surface area contributed by atoms with E-state index in [0.29, 0.717) is 0 Å². The molecule has 9 nitrogen and oxygen atoms in total. The lowest BCUT2D eigenvalue weighted by atomic mass is 10.1. The molecule has 0 atom stereocenters. The first-order valence-corrected chi connectivity index (χ1v) is 5.92. The first-order valence-electron chi connectivity index (χ1n) is 5.92. The largest absolute Gasteiger partial charge is 0.507 e. The number of nitro benzene ring substituents is 2. The third-order valence-electron chi connectivity index (χ3n) is 2.79. The van der Waals surface area contributed by atoms with Crippen molar-refractivity contribution < 1.29 is 19.7 Å². The minimum Gasteiger partial charge on any atom is -0.507 e. The molecular formula is C13H9N3O6. The molecule has 22 heavy (non-hydrogen) atoms. The summed E-state index contributed by atoms with van der Waals surface area (Å²) in [6.07, 6.45) is 0. The normalized spacial score (nSPS) is 10.0. The van der Waals surface area contributed by atoms with E-state index in [-0.39, 0.29) is 17.0 Å². The van der Waals surface area contributed by atoms with Gasteiger partial charge in [-0.15, -0.1) is 0 Å². The van der Waals surface area contributed by atoms with Crippen LogP contribution in [0.4, 0.5) is 17.1 Å². The number of hydrogen-bond acceptors (Lipinski definition) is 6. The van der Waals surface area contributed by atoms with Gasteiger partial charge in [-0.25, -0.2) is 0 Å². The summed E-state index contributed by atoms with van der Waals surface area (Å²) in [5, 5.41) is 33.4. The average molecular weight is 303 g/mol. The van der Waals surface area contributed by atoms with Crippen molar-refractivity contribution in [1.29, 1.82) is 0 Å². The van der Waals surface area contributed by atoms with Crippen LogP contribution in [-0.4, -0.2) is 20.9 Å². The highest BCUT2D eigenvalue weighted by Gasteiger charge is 2.22. The summed E-state index contributed by atoms with van der Waals surface area (Å²) in [7, 11) is 0. The number of phenols is 1. The molecule has 2 aromatic rings. The highest BCUT2D eigenvalue weighted by Crippen LogP contribution is 2.29. The summed E-state index contributed by atoms with van der Waals surface area (Å²) in [4.78, 5) is 32.0. The standard InChI is InChI=1S/C13H9N3O6/c17-12-4-2-1-3-9(12)13(18)14-10-6-5-8(15(19)20)7-11(10)16(21)22/h1-7,17H,(H,14,18). The number of para-hydroxylation sites is 1. The van der Waals surface area contributed by atoms with E-state index in [9.17, 15) is 30.1 Å². The molecule has 2 N–H and O–H groups in total. The van der Waals surface area contributed by atoms with E-state index in [1.165, 1.54) is 24.3 Å². The van der Waals surface area contributed by atoms with Crippen molar-refractivity contribution in [3.63, 3.8) is 0 Å². The van der Waals surface area contributed by atoms with Crippen molar-refractivity contribution in [3.05, 3.63) is 68.3 Å². The predicted octanol–water partition coefficient (Wildman–Crippen LogP) is 2.46. The number of aromatic hydroxyl groups is 1. The summed E-state index contributed by atoms with van der Waals surface area (Å²) in [5.41, 5.74) is -1.36. The fourth-order valence-electron chi connectivity index (χ4n) is 1.75. The van der Waals surface area contributed by atoms with Crippen LogP contribution in [0.1, 0.15) is 10.4 Å². The molecule has 0 aliphatic rings. The van der Waals surface area contributed by atoms with Crippen molar-refractivity contribution >= 4 is 23.0 Å². The Morgan fingerprint density at radius 2 is 1.73 bits per heavy atom. The molecule has 0 radical (unpaired) electrons. The van der Waals surface area contributed by atoms with Crippen LogP contribution in [0.15, 0.2) is 42.5 Å². The van der Waals surface area contributed by atoms with Crippen LogP contribution >= 0.6 is 0 Å². The highest BCUT2D eigenvalue weighted by atomic mass is 16.6. The molecule has 0 fully saturated rings. The Balaban J connectivity index is 2.37. The minimum atomic E-state index is -0.840. The fraction of sp³-hybridized carbons (Fsp3) is 0. The SMILES string of the molecule is O=C(Nc1ccc([N+](=O)[O-])cc1[N+](=O)[O-])c1ccccc1O. The number of nitro groups is 2. The van der Waals surface area contributed by atoms with Crippen LogP contribution in [-0.2, 0) is 0 Å². The Labute approximate surface area is 123 Å². The Morgan fingerprint density at radius 3 is 2.32 bits per heavy atom.